The standard InChI is InChI=1S/C9H17NO2S2/c1-8-3-5-10-9(13-8)4-2-6-14(11,12)7-9/h8,10H,2-7H2,1H3. The fourth-order valence-corrected chi connectivity index (χ4v) is 6.25. The summed E-state index contributed by atoms with van der Waals surface area (Å²) in [4.78, 5) is -0.158. The van der Waals surface area contributed by atoms with Crippen molar-refractivity contribution in [2.75, 3.05) is 18.1 Å². The van der Waals surface area contributed by atoms with Crippen molar-refractivity contribution >= 4 is 21.6 Å². The number of thioether (sulfide) groups is 1. The third-order valence-corrected chi connectivity index (χ3v) is 6.52. The molecule has 0 aromatic rings. The minimum absolute atomic E-state index is 0.158. The lowest BCUT2D eigenvalue weighted by Gasteiger charge is -2.42. The number of sulfone groups is 1. The molecule has 3 nitrogen and oxygen atoms in total. The summed E-state index contributed by atoms with van der Waals surface area (Å²) in [5.41, 5.74) is 0. The van der Waals surface area contributed by atoms with Gasteiger partial charge in [-0.25, -0.2) is 8.42 Å². The van der Waals surface area contributed by atoms with Crippen LogP contribution in [0, 0.1) is 0 Å². The molecule has 2 unspecified atom stereocenters. The first kappa shape index (κ1) is 10.8. The van der Waals surface area contributed by atoms with Crippen LogP contribution in [-0.2, 0) is 9.84 Å². The van der Waals surface area contributed by atoms with Crippen molar-refractivity contribution in [3.63, 3.8) is 0 Å². The van der Waals surface area contributed by atoms with Crippen molar-refractivity contribution in [1.82, 2.24) is 5.32 Å². The van der Waals surface area contributed by atoms with Crippen molar-refractivity contribution in [2.24, 2.45) is 0 Å². The van der Waals surface area contributed by atoms with E-state index in [0.717, 1.165) is 25.8 Å². The molecule has 2 atom stereocenters. The van der Waals surface area contributed by atoms with Gasteiger partial charge in [-0.15, -0.1) is 11.8 Å². The summed E-state index contributed by atoms with van der Waals surface area (Å²) in [6, 6.07) is 0. The molecule has 14 heavy (non-hydrogen) atoms. The average Bonchev–Trinajstić information content (AvgIpc) is 2.00. The van der Waals surface area contributed by atoms with Gasteiger partial charge < -0.3 is 5.32 Å². The van der Waals surface area contributed by atoms with Gasteiger partial charge in [-0.3, -0.25) is 0 Å². The Labute approximate surface area is 89.9 Å². The van der Waals surface area contributed by atoms with Gasteiger partial charge in [0.1, 0.15) is 0 Å². The van der Waals surface area contributed by atoms with Crippen LogP contribution >= 0.6 is 11.8 Å². The maximum Gasteiger partial charge on any atom is 0.152 e. The Balaban J connectivity index is 2.14. The Bertz CT molecular complexity index is 311. The third-order valence-electron chi connectivity index (χ3n) is 2.91. The van der Waals surface area contributed by atoms with Gasteiger partial charge in [0.15, 0.2) is 9.84 Å². The molecular formula is C9H17NO2S2. The van der Waals surface area contributed by atoms with E-state index in [1.165, 1.54) is 0 Å². The maximum absolute atomic E-state index is 11.6. The summed E-state index contributed by atoms with van der Waals surface area (Å²) in [6.45, 7) is 3.15. The zero-order valence-corrected chi connectivity index (χ0v) is 10.1. The van der Waals surface area contributed by atoms with E-state index in [2.05, 4.69) is 12.2 Å². The van der Waals surface area contributed by atoms with Crippen molar-refractivity contribution in [3.8, 4) is 0 Å². The van der Waals surface area contributed by atoms with Gasteiger partial charge in [0.2, 0.25) is 0 Å². The smallest absolute Gasteiger partial charge is 0.152 e. The maximum atomic E-state index is 11.6. The van der Waals surface area contributed by atoms with Crippen LogP contribution in [0.4, 0.5) is 0 Å². The SMILES string of the molecule is CC1CCNC2(CCCS(=O)(=O)C2)S1. The van der Waals surface area contributed by atoms with Crippen molar-refractivity contribution in [3.05, 3.63) is 0 Å². The molecule has 0 saturated carbocycles. The molecule has 82 valence electrons. The molecule has 2 fully saturated rings. The highest BCUT2D eigenvalue weighted by atomic mass is 32.2. The molecule has 0 aromatic carbocycles. The summed E-state index contributed by atoms with van der Waals surface area (Å²) in [6.07, 6.45) is 2.96. The van der Waals surface area contributed by atoms with Crippen LogP contribution in [0.25, 0.3) is 0 Å². The minimum Gasteiger partial charge on any atom is -0.302 e. The van der Waals surface area contributed by atoms with Gasteiger partial charge in [0.05, 0.1) is 16.4 Å². The third kappa shape index (κ3) is 2.25. The van der Waals surface area contributed by atoms with Crippen LogP contribution in [0.3, 0.4) is 0 Å². The fourth-order valence-electron chi connectivity index (χ4n) is 2.30. The zero-order chi connectivity index (χ0) is 10.2. The first-order chi connectivity index (χ1) is 6.52. The number of nitrogens with one attached hydrogen (secondary N) is 1. The second-order valence-corrected chi connectivity index (χ2v) is 8.34. The van der Waals surface area contributed by atoms with Gasteiger partial charge in [-0.1, -0.05) is 6.92 Å². The molecular weight excluding hydrogens is 218 g/mol. The molecule has 0 bridgehead atoms. The lowest BCUT2D eigenvalue weighted by atomic mass is 10.1. The van der Waals surface area contributed by atoms with Crippen LogP contribution in [-0.4, -0.2) is 36.6 Å². The van der Waals surface area contributed by atoms with Crippen molar-refractivity contribution in [2.45, 2.75) is 36.3 Å². The second kappa shape index (κ2) is 3.68. The Morgan fingerprint density at radius 1 is 1.50 bits per heavy atom. The number of hydrogen-bond acceptors (Lipinski definition) is 4. The van der Waals surface area contributed by atoms with E-state index in [4.69, 9.17) is 0 Å². The van der Waals surface area contributed by atoms with Gasteiger partial charge in [-0.2, -0.15) is 0 Å². The summed E-state index contributed by atoms with van der Waals surface area (Å²) in [7, 11) is -2.80. The molecule has 2 rings (SSSR count). The van der Waals surface area contributed by atoms with Crippen LogP contribution in [0.15, 0.2) is 0 Å². The highest BCUT2D eigenvalue weighted by Gasteiger charge is 2.41. The lowest BCUT2D eigenvalue weighted by Crippen LogP contribution is -2.54. The van der Waals surface area contributed by atoms with Gasteiger partial charge >= 0.3 is 0 Å². The summed E-state index contributed by atoms with van der Waals surface area (Å²) >= 11 is 1.82. The molecule has 2 aliphatic rings. The van der Waals surface area contributed by atoms with E-state index < -0.39 is 9.84 Å². The lowest BCUT2D eigenvalue weighted by molar-refractivity contribution is 0.423. The van der Waals surface area contributed by atoms with Crippen molar-refractivity contribution in [1.29, 1.82) is 0 Å². The molecule has 0 amide bonds. The summed E-state index contributed by atoms with van der Waals surface area (Å²) in [5, 5.41) is 3.99. The monoisotopic (exact) mass is 235 g/mol. The number of rotatable bonds is 0. The average molecular weight is 235 g/mol. The normalized spacial score (nSPS) is 42.5. The molecule has 2 saturated heterocycles. The molecule has 0 aromatic heterocycles. The Hall–Kier alpha value is 0.260. The van der Waals surface area contributed by atoms with E-state index in [0.29, 0.717) is 16.8 Å². The first-order valence-corrected chi connectivity index (χ1v) is 7.85. The molecule has 2 heterocycles. The number of hydrogen-bond donors (Lipinski definition) is 1. The van der Waals surface area contributed by atoms with E-state index in [9.17, 15) is 8.42 Å². The molecule has 2 aliphatic heterocycles. The highest BCUT2D eigenvalue weighted by Crippen LogP contribution is 2.39. The summed E-state index contributed by atoms with van der Waals surface area (Å²) < 4.78 is 23.2. The Kier molecular flexibility index (Phi) is 2.83. The van der Waals surface area contributed by atoms with Crippen molar-refractivity contribution < 1.29 is 8.42 Å². The van der Waals surface area contributed by atoms with Crippen LogP contribution in [0.5, 0.6) is 0 Å². The fraction of sp³-hybridized carbons (Fsp3) is 1.00. The van der Waals surface area contributed by atoms with Gasteiger partial charge in [-0.05, 0) is 25.8 Å². The van der Waals surface area contributed by atoms with E-state index >= 15 is 0 Å². The van der Waals surface area contributed by atoms with Crippen LogP contribution in [0.1, 0.15) is 26.2 Å². The van der Waals surface area contributed by atoms with E-state index in [-0.39, 0.29) is 4.87 Å². The first-order valence-electron chi connectivity index (χ1n) is 5.15. The second-order valence-electron chi connectivity index (χ2n) is 4.33. The van der Waals surface area contributed by atoms with Crippen LogP contribution in [0.2, 0.25) is 0 Å². The highest BCUT2D eigenvalue weighted by molar-refractivity contribution is 8.02. The molecule has 5 heteroatoms. The van der Waals surface area contributed by atoms with Gasteiger partial charge in [0, 0.05) is 5.25 Å². The molecule has 0 radical (unpaired) electrons. The van der Waals surface area contributed by atoms with E-state index in [1.807, 2.05) is 11.8 Å². The van der Waals surface area contributed by atoms with Gasteiger partial charge in [0.25, 0.3) is 0 Å². The molecule has 1 spiro atoms. The predicted octanol–water partition coefficient (Wildman–Crippen LogP) is 1.01. The Morgan fingerprint density at radius 3 is 2.93 bits per heavy atom. The molecule has 0 aliphatic carbocycles. The topological polar surface area (TPSA) is 46.2 Å². The quantitative estimate of drug-likeness (QED) is 0.680. The summed E-state index contributed by atoms with van der Waals surface area (Å²) in [5.74, 6) is 0.709. The van der Waals surface area contributed by atoms with Crippen LogP contribution < -0.4 is 5.32 Å². The zero-order valence-electron chi connectivity index (χ0n) is 8.45. The van der Waals surface area contributed by atoms with E-state index in [1.54, 1.807) is 0 Å². The molecule has 1 N–H and O–H groups in total. The largest absolute Gasteiger partial charge is 0.302 e. The minimum atomic E-state index is -2.80. The predicted molar refractivity (Wildman–Crippen MR) is 60.3 cm³/mol. The Morgan fingerprint density at radius 2 is 2.29 bits per heavy atom.